The number of hydrogen-bond donors (Lipinski definition) is 1. The number of piperidine rings is 1. The normalized spacial score (nSPS) is 19.9. The molecule has 0 aliphatic carbocycles. The van der Waals surface area contributed by atoms with E-state index in [9.17, 15) is 0 Å². The molecule has 0 spiro atoms. The summed E-state index contributed by atoms with van der Waals surface area (Å²) in [5.74, 6) is 0. The Morgan fingerprint density at radius 2 is 1.69 bits per heavy atom. The molecule has 0 aromatic heterocycles. The summed E-state index contributed by atoms with van der Waals surface area (Å²) in [5.41, 5.74) is 4.03. The van der Waals surface area contributed by atoms with Crippen LogP contribution in [0.3, 0.4) is 0 Å². The summed E-state index contributed by atoms with van der Waals surface area (Å²) < 4.78 is 0. The fourth-order valence-electron chi connectivity index (χ4n) is 2.68. The van der Waals surface area contributed by atoms with E-state index in [0.29, 0.717) is 0 Å². The fourth-order valence-corrected chi connectivity index (χ4v) is 2.99. The van der Waals surface area contributed by atoms with Crippen LogP contribution in [0.1, 0.15) is 30.4 Å². The third kappa shape index (κ3) is 1.80. The maximum absolute atomic E-state index is 6.37. The number of rotatable bonds is 1. The van der Waals surface area contributed by atoms with Crippen molar-refractivity contribution in [2.24, 2.45) is 0 Å². The van der Waals surface area contributed by atoms with Crippen LogP contribution in [-0.4, -0.2) is 13.1 Å². The van der Waals surface area contributed by atoms with E-state index in [0.717, 1.165) is 31.2 Å². The van der Waals surface area contributed by atoms with Crippen molar-refractivity contribution in [1.82, 2.24) is 5.32 Å². The zero-order chi connectivity index (χ0) is 11.0. The first-order valence-electron chi connectivity index (χ1n) is 6.11. The average molecular weight is 237 g/mol. The van der Waals surface area contributed by atoms with Crippen LogP contribution >= 0.6 is 11.6 Å². The summed E-state index contributed by atoms with van der Waals surface area (Å²) in [6.45, 7) is 4.28. The number of fused-ring (bicyclic) bond motifs is 1. The van der Waals surface area contributed by atoms with Crippen LogP contribution < -0.4 is 10.2 Å². The Hall–Kier alpha value is -0.730. The smallest absolute Gasteiger partial charge is 0.0643 e. The highest BCUT2D eigenvalue weighted by atomic mass is 35.5. The van der Waals surface area contributed by atoms with Gasteiger partial charge in [-0.05, 0) is 42.5 Å². The molecule has 2 heterocycles. The van der Waals surface area contributed by atoms with Gasteiger partial charge in [0.25, 0.3) is 0 Å². The van der Waals surface area contributed by atoms with E-state index in [1.54, 1.807) is 0 Å². The fraction of sp³-hybridized carbons (Fsp3) is 0.538. The molecule has 86 valence electrons. The molecule has 1 fully saturated rings. The molecule has 1 N–H and O–H groups in total. The van der Waals surface area contributed by atoms with Crippen molar-refractivity contribution in [3.8, 4) is 0 Å². The maximum atomic E-state index is 6.37. The van der Waals surface area contributed by atoms with Gasteiger partial charge < -0.3 is 10.2 Å². The number of nitrogens with zero attached hydrogens (tertiary/aromatic N) is 1. The minimum Gasteiger partial charge on any atom is -0.370 e. The Balaban J connectivity index is 1.94. The van der Waals surface area contributed by atoms with Gasteiger partial charge in [0.15, 0.2) is 0 Å². The molecule has 3 rings (SSSR count). The van der Waals surface area contributed by atoms with Crippen molar-refractivity contribution in [2.45, 2.75) is 32.4 Å². The zero-order valence-corrected chi connectivity index (χ0v) is 10.2. The van der Waals surface area contributed by atoms with Gasteiger partial charge in [0.2, 0.25) is 0 Å². The average Bonchev–Trinajstić information content (AvgIpc) is 2.76. The predicted octanol–water partition coefficient (Wildman–Crippen LogP) is 2.93. The summed E-state index contributed by atoms with van der Waals surface area (Å²) in [5, 5.41) is 4.29. The number of nitrogens with one attached hydrogen (secondary N) is 1. The van der Waals surface area contributed by atoms with E-state index < -0.39 is 0 Å². The molecule has 0 atom stereocenters. The van der Waals surface area contributed by atoms with Crippen molar-refractivity contribution < 1.29 is 0 Å². The van der Waals surface area contributed by atoms with Gasteiger partial charge in [-0.25, -0.2) is 0 Å². The summed E-state index contributed by atoms with van der Waals surface area (Å²) in [6, 6.07) is 4.42. The first-order chi connectivity index (χ1) is 7.84. The highest BCUT2D eigenvalue weighted by molar-refractivity contribution is 6.33. The first-order valence-corrected chi connectivity index (χ1v) is 6.49. The van der Waals surface area contributed by atoms with E-state index in [4.69, 9.17) is 11.6 Å². The van der Waals surface area contributed by atoms with Gasteiger partial charge in [0, 0.05) is 26.2 Å². The van der Waals surface area contributed by atoms with Gasteiger partial charge in [0.05, 0.1) is 10.7 Å². The molecule has 0 amide bonds. The lowest BCUT2D eigenvalue weighted by molar-refractivity contribution is 0.578. The number of benzene rings is 1. The Kier molecular flexibility index (Phi) is 2.78. The predicted molar refractivity (Wildman–Crippen MR) is 68.1 cm³/mol. The lowest BCUT2D eigenvalue weighted by Crippen LogP contribution is -2.29. The Bertz CT molecular complexity index is 397. The molecule has 1 aromatic rings. The van der Waals surface area contributed by atoms with Crippen molar-refractivity contribution in [2.75, 3.05) is 18.0 Å². The number of halogens is 1. The third-order valence-corrected chi connectivity index (χ3v) is 3.90. The molecule has 3 heteroatoms. The molecular weight excluding hydrogens is 220 g/mol. The van der Waals surface area contributed by atoms with Gasteiger partial charge in [0.1, 0.15) is 0 Å². The Morgan fingerprint density at radius 1 is 1.00 bits per heavy atom. The van der Waals surface area contributed by atoms with Crippen LogP contribution in [0, 0.1) is 0 Å². The molecular formula is C13H17ClN2. The maximum Gasteiger partial charge on any atom is 0.0643 e. The van der Waals surface area contributed by atoms with Gasteiger partial charge >= 0.3 is 0 Å². The molecule has 1 aromatic carbocycles. The van der Waals surface area contributed by atoms with Gasteiger partial charge in [-0.1, -0.05) is 11.6 Å². The molecule has 1 saturated heterocycles. The molecule has 0 bridgehead atoms. The second-order valence-corrected chi connectivity index (χ2v) is 5.13. The van der Waals surface area contributed by atoms with Crippen molar-refractivity contribution >= 4 is 17.3 Å². The molecule has 0 saturated carbocycles. The standard InChI is InChI=1S/C13H17ClN2/c14-12-6-10-8-15-9-11(10)7-13(12)16-4-2-1-3-5-16/h6-7,15H,1-5,8-9H2. The lowest BCUT2D eigenvalue weighted by atomic mass is 10.1. The summed E-state index contributed by atoms with van der Waals surface area (Å²) in [6.07, 6.45) is 3.96. The molecule has 2 nitrogen and oxygen atoms in total. The van der Waals surface area contributed by atoms with Crippen molar-refractivity contribution in [3.05, 3.63) is 28.3 Å². The van der Waals surface area contributed by atoms with Crippen LogP contribution in [0.15, 0.2) is 12.1 Å². The quantitative estimate of drug-likeness (QED) is 0.807. The van der Waals surface area contributed by atoms with Crippen LogP contribution in [0.25, 0.3) is 0 Å². The molecule has 0 unspecified atom stereocenters. The zero-order valence-electron chi connectivity index (χ0n) is 9.43. The van der Waals surface area contributed by atoms with Gasteiger partial charge in [-0.3, -0.25) is 0 Å². The Morgan fingerprint density at radius 3 is 2.44 bits per heavy atom. The SMILES string of the molecule is Clc1cc2c(cc1N1CCCCC1)CNC2. The second kappa shape index (κ2) is 4.27. The minimum atomic E-state index is 0.921. The molecule has 2 aliphatic heterocycles. The monoisotopic (exact) mass is 236 g/mol. The summed E-state index contributed by atoms with van der Waals surface area (Å²) >= 11 is 6.37. The number of hydrogen-bond acceptors (Lipinski definition) is 2. The van der Waals surface area contributed by atoms with E-state index in [-0.39, 0.29) is 0 Å². The van der Waals surface area contributed by atoms with Gasteiger partial charge in [-0.15, -0.1) is 0 Å². The molecule has 2 aliphatic rings. The lowest BCUT2D eigenvalue weighted by Gasteiger charge is -2.30. The third-order valence-electron chi connectivity index (χ3n) is 3.60. The van der Waals surface area contributed by atoms with Gasteiger partial charge in [-0.2, -0.15) is 0 Å². The van der Waals surface area contributed by atoms with Crippen LogP contribution in [0.5, 0.6) is 0 Å². The van der Waals surface area contributed by atoms with E-state index in [1.165, 1.54) is 36.1 Å². The summed E-state index contributed by atoms with van der Waals surface area (Å²) in [4.78, 5) is 2.43. The molecule has 16 heavy (non-hydrogen) atoms. The Labute approximate surface area is 102 Å². The topological polar surface area (TPSA) is 15.3 Å². The van der Waals surface area contributed by atoms with E-state index >= 15 is 0 Å². The van der Waals surface area contributed by atoms with Crippen LogP contribution in [-0.2, 0) is 13.1 Å². The largest absolute Gasteiger partial charge is 0.370 e. The summed E-state index contributed by atoms with van der Waals surface area (Å²) in [7, 11) is 0. The molecule has 0 radical (unpaired) electrons. The van der Waals surface area contributed by atoms with E-state index in [1.807, 2.05) is 0 Å². The van der Waals surface area contributed by atoms with Crippen molar-refractivity contribution in [1.29, 1.82) is 0 Å². The van der Waals surface area contributed by atoms with E-state index in [2.05, 4.69) is 22.3 Å². The highest BCUT2D eigenvalue weighted by Crippen LogP contribution is 2.32. The highest BCUT2D eigenvalue weighted by Gasteiger charge is 2.18. The van der Waals surface area contributed by atoms with Crippen molar-refractivity contribution in [3.63, 3.8) is 0 Å². The number of anilines is 1. The van der Waals surface area contributed by atoms with Crippen LogP contribution in [0.4, 0.5) is 5.69 Å². The second-order valence-electron chi connectivity index (χ2n) is 4.72. The first kappa shape index (κ1) is 10.4. The van der Waals surface area contributed by atoms with Crippen LogP contribution in [0.2, 0.25) is 5.02 Å². The minimum absolute atomic E-state index is 0.921.